The Morgan fingerprint density at radius 2 is 2.04 bits per heavy atom. The molecule has 0 spiro atoms. The smallest absolute Gasteiger partial charge is 0.409 e. The number of piperazine rings is 1. The van der Waals surface area contributed by atoms with Crippen LogP contribution in [0.15, 0.2) is 30.5 Å². The molecule has 2 aromatic rings. The highest BCUT2D eigenvalue weighted by Gasteiger charge is 2.23. The third kappa shape index (κ3) is 4.35. The fourth-order valence-corrected chi connectivity index (χ4v) is 3.01. The molecule has 1 amide bonds. The van der Waals surface area contributed by atoms with E-state index in [9.17, 15) is 4.79 Å². The number of aromatic nitrogens is 2. The van der Waals surface area contributed by atoms with E-state index in [0.29, 0.717) is 49.6 Å². The summed E-state index contributed by atoms with van der Waals surface area (Å²) in [5.41, 5.74) is 1.99. The lowest BCUT2D eigenvalue weighted by Crippen LogP contribution is -2.49. The molecule has 1 N–H and O–H groups in total. The van der Waals surface area contributed by atoms with Crippen molar-refractivity contribution in [3.05, 3.63) is 41.0 Å². The Morgan fingerprint density at radius 1 is 1.27 bits per heavy atom. The van der Waals surface area contributed by atoms with E-state index in [1.54, 1.807) is 11.1 Å². The number of halogens is 1. The lowest BCUT2D eigenvalue weighted by molar-refractivity contribution is 0.105. The maximum atomic E-state index is 11.8. The first-order valence-electron chi connectivity index (χ1n) is 8.59. The Labute approximate surface area is 157 Å². The Morgan fingerprint density at radius 3 is 2.73 bits per heavy atom. The number of hydrogen-bond acceptors (Lipinski definition) is 6. The Bertz CT molecular complexity index is 778. The Hall–Kier alpha value is -2.54. The number of ether oxygens (including phenoxy) is 1. The average Bonchev–Trinajstić information content (AvgIpc) is 2.65. The van der Waals surface area contributed by atoms with Crippen molar-refractivity contribution in [3.8, 4) is 0 Å². The number of carbonyl (C=O) groups is 1. The molecule has 1 saturated heterocycles. The predicted molar refractivity (Wildman–Crippen MR) is 102 cm³/mol. The fourth-order valence-electron chi connectivity index (χ4n) is 2.78. The normalized spacial score (nSPS) is 14.3. The summed E-state index contributed by atoms with van der Waals surface area (Å²) in [7, 11) is 0. The third-order valence-corrected chi connectivity index (χ3v) is 4.42. The second kappa shape index (κ2) is 8.23. The molecule has 0 aliphatic carbocycles. The first-order valence-corrected chi connectivity index (χ1v) is 8.97. The molecule has 1 aliphatic rings. The van der Waals surface area contributed by atoms with Crippen LogP contribution in [0.25, 0.3) is 0 Å². The summed E-state index contributed by atoms with van der Waals surface area (Å²) < 4.78 is 5.05. The molecule has 138 valence electrons. The van der Waals surface area contributed by atoms with Crippen LogP contribution in [0, 0.1) is 6.92 Å². The van der Waals surface area contributed by atoms with Crippen LogP contribution in [0.5, 0.6) is 0 Å². The van der Waals surface area contributed by atoms with Crippen molar-refractivity contribution in [2.45, 2.75) is 13.8 Å². The van der Waals surface area contributed by atoms with Crippen molar-refractivity contribution in [3.63, 3.8) is 0 Å². The second-order valence-corrected chi connectivity index (χ2v) is 6.44. The second-order valence-electron chi connectivity index (χ2n) is 6.00. The number of amides is 1. The molecule has 1 aliphatic heterocycles. The van der Waals surface area contributed by atoms with E-state index in [1.807, 2.05) is 38.1 Å². The van der Waals surface area contributed by atoms with Crippen LogP contribution < -0.4 is 10.2 Å². The number of nitrogens with zero attached hydrogens (tertiary/aromatic N) is 4. The topological polar surface area (TPSA) is 70.6 Å². The summed E-state index contributed by atoms with van der Waals surface area (Å²) in [5, 5.41) is 4.01. The van der Waals surface area contributed by atoms with Crippen molar-refractivity contribution in [2.24, 2.45) is 0 Å². The zero-order valence-electron chi connectivity index (χ0n) is 14.9. The van der Waals surface area contributed by atoms with Crippen LogP contribution in [0.2, 0.25) is 5.02 Å². The van der Waals surface area contributed by atoms with Crippen molar-refractivity contribution in [1.82, 2.24) is 14.9 Å². The molecule has 7 nitrogen and oxygen atoms in total. The molecule has 26 heavy (non-hydrogen) atoms. The average molecular weight is 376 g/mol. The summed E-state index contributed by atoms with van der Waals surface area (Å²) in [6.45, 7) is 6.71. The summed E-state index contributed by atoms with van der Waals surface area (Å²) in [6, 6.07) is 7.50. The molecule has 1 aromatic carbocycles. The first-order chi connectivity index (χ1) is 12.6. The molecule has 1 fully saturated rings. The number of benzene rings is 1. The molecule has 0 radical (unpaired) electrons. The molecule has 0 atom stereocenters. The van der Waals surface area contributed by atoms with Gasteiger partial charge >= 0.3 is 6.09 Å². The number of hydrogen-bond donors (Lipinski definition) is 1. The van der Waals surface area contributed by atoms with Gasteiger partial charge in [0.05, 0.1) is 6.61 Å². The van der Waals surface area contributed by atoms with E-state index in [4.69, 9.17) is 16.3 Å². The molecule has 0 unspecified atom stereocenters. The van der Waals surface area contributed by atoms with Crippen molar-refractivity contribution >= 4 is 35.1 Å². The maximum absolute atomic E-state index is 11.8. The molecule has 0 saturated carbocycles. The number of rotatable bonds is 4. The zero-order chi connectivity index (χ0) is 18.5. The predicted octanol–water partition coefficient (Wildman–Crippen LogP) is 3.46. The summed E-state index contributed by atoms with van der Waals surface area (Å²) in [5.74, 6) is 1.36. The van der Waals surface area contributed by atoms with Crippen LogP contribution in [0.1, 0.15) is 12.5 Å². The molecule has 0 bridgehead atoms. The highest BCUT2D eigenvalue weighted by molar-refractivity contribution is 6.30. The minimum absolute atomic E-state index is 0.262. The van der Waals surface area contributed by atoms with E-state index in [1.165, 1.54) is 0 Å². The van der Waals surface area contributed by atoms with E-state index < -0.39 is 0 Å². The number of nitrogens with one attached hydrogen (secondary N) is 1. The fraction of sp³-hybridized carbons (Fsp3) is 0.389. The van der Waals surface area contributed by atoms with Gasteiger partial charge in [-0.1, -0.05) is 11.6 Å². The lowest BCUT2D eigenvalue weighted by Gasteiger charge is -2.34. The van der Waals surface area contributed by atoms with Crippen molar-refractivity contribution in [1.29, 1.82) is 0 Å². The van der Waals surface area contributed by atoms with E-state index in [2.05, 4.69) is 20.2 Å². The van der Waals surface area contributed by atoms with Crippen molar-refractivity contribution < 1.29 is 9.53 Å². The molecule has 2 heterocycles. The summed E-state index contributed by atoms with van der Waals surface area (Å²) in [4.78, 5) is 24.5. The zero-order valence-corrected chi connectivity index (χ0v) is 15.7. The van der Waals surface area contributed by atoms with Gasteiger partial charge in [0.25, 0.3) is 0 Å². The number of aryl methyl sites for hydroxylation is 1. The Kier molecular flexibility index (Phi) is 5.78. The van der Waals surface area contributed by atoms with Gasteiger partial charge in [0.1, 0.15) is 5.82 Å². The quantitative estimate of drug-likeness (QED) is 0.882. The van der Waals surface area contributed by atoms with Gasteiger partial charge in [-0.15, -0.1) is 0 Å². The van der Waals surface area contributed by atoms with Crippen LogP contribution >= 0.6 is 11.6 Å². The minimum Gasteiger partial charge on any atom is -0.450 e. The maximum Gasteiger partial charge on any atom is 0.409 e. The van der Waals surface area contributed by atoms with E-state index in [0.717, 1.165) is 11.3 Å². The van der Waals surface area contributed by atoms with Crippen LogP contribution in [-0.4, -0.2) is 53.7 Å². The highest BCUT2D eigenvalue weighted by atomic mass is 35.5. The monoisotopic (exact) mass is 375 g/mol. The largest absolute Gasteiger partial charge is 0.450 e. The SMILES string of the molecule is CCOC(=O)N1CCN(c2nccc(Nc3ccc(Cl)cc3C)n2)CC1. The highest BCUT2D eigenvalue weighted by Crippen LogP contribution is 2.23. The molecule has 8 heteroatoms. The molecule has 1 aromatic heterocycles. The first kappa shape index (κ1) is 18.3. The van der Waals surface area contributed by atoms with Gasteiger partial charge in [-0.05, 0) is 43.7 Å². The van der Waals surface area contributed by atoms with Crippen molar-refractivity contribution in [2.75, 3.05) is 43.0 Å². The van der Waals surface area contributed by atoms with Gasteiger partial charge in [0, 0.05) is 43.1 Å². The summed E-state index contributed by atoms with van der Waals surface area (Å²) in [6.07, 6.45) is 1.47. The summed E-state index contributed by atoms with van der Waals surface area (Å²) >= 11 is 6.00. The van der Waals surface area contributed by atoms with Gasteiger partial charge in [-0.25, -0.2) is 9.78 Å². The van der Waals surface area contributed by atoms with Crippen LogP contribution in [0.3, 0.4) is 0 Å². The molecule has 3 rings (SSSR count). The minimum atomic E-state index is -0.262. The standard InChI is InChI=1S/C18H22ClN5O2/c1-3-26-18(25)24-10-8-23(9-11-24)17-20-7-6-16(22-17)21-15-5-4-14(19)12-13(15)2/h4-7,12H,3,8-11H2,1-2H3,(H,20,21,22). The molecular weight excluding hydrogens is 354 g/mol. The van der Waals surface area contributed by atoms with Crippen LogP contribution in [0.4, 0.5) is 22.2 Å². The van der Waals surface area contributed by atoms with Gasteiger partial charge in [0.2, 0.25) is 5.95 Å². The van der Waals surface area contributed by atoms with E-state index >= 15 is 0 Å². The van der Waals surface area contributed by atoms with Gasteiger partial charge < -0.3 is 19.9 Å². The van der Waals surface area contributed by atoms with Gasteiger partial charge in [-0.3, -0.25) is 0 Å². The van der Waals surface area contributed by atoms with Crippen LogP contribution in [-0.2, 0) is 4.74 Å². The number of anilines is 3. The van der Waals surface area contributed by atoms with Gasteiger partial charge in [-0.2, -0.15) is 4.98 Å². The lowest BCUT2D eigenvalue weighted by atomic mass is 10.2. The third-order valence-electron chi connectivity index (χ3n) is 4.18. The number of carbonyl (C=O) groups excluding carboxylic acids is 1. The Balaban J connectivity index is 1.65. The van der Waals surface area contributed by atoms with E-state index in [-0.39, 0.29) is 6.09 Å². The molecular formula is C18H22ClN5O2. The van der Waals surface area contributed by atoms with Gasteiger partial charge in [0.15, 0.2) is 0 Å².